The van der Waals surface area contributed by atoms with E-state index in [9.17, 15) is 4.79 Å². The molecule has 2 saturated heterocycles. The number of aliphatic imine (C=N–C) groups is 1. The fourth-order valence-corrected chi connectivity index (χ4v) is 6.01. The first-order valence-electron chi connectivity index (χ1n) is 13.0. The van der Waals surface area contributed by atoms with E-state index in [0.29, 0.717) is 33.7 Å². The number of aromatic nitrogens is 1. The number of carbonyl (C=O) groups is 1. The van der Waals surface area contributed by atoms with Crippen LogP contribution in [0.3, 0.4) is 0 Å². The number of nitrogens with one attached hydrogen (secondary N) is 1. The number of amidine groups is 1. The third-order valence-corrected chi connectivity index (χ3v) is 8.14. The van der Waals surface area contributed by atoms with Gasteiger partial charge < -0.3 is 15.1 Å². The predicted molar refractivity (Wildman–Crippen MR) is 147 cm³/mol. The van der Waals surface area contributed by atoms with Gasteiger partial charge in [-0.1, -0.05) is 30.1 Å². The minimum Gasteiger partial charge on any atom is -0.366 e. The lowest BCUT2D eigenvalue weighted by molar-refractivity contribution is 0.0491. The smallest absolute Gasteiger partial charge is 0.253 e. The van der Waals surface area contributed by atoms with Crippen LogP contribution in [0.2, 0.25) is 10.0 Å². The third kappa shape index (κ3) is 5.34. The number of anilines is 1. The minimum absolute atomic E-state index is 0.0966. The Hall–Kier alpha value is -2.35. The van der Waals surface area contributed by atoms with Crippen LogP contribution in [0.4, 0.5) is 5.82 Å². The highest BCUT2D eigenvalue weighted by atomic mass is 35.5. The first-order chi connectivity index (χ1) is 17.4. The molecule has 0 aliphatic carbocycles. The molecule has 2 fully saturated rings. The van der Waals surface area contributed by atoms with Gasteiger partial charge in [-0.15, -0.1) is 0 Å². The largest absolute Gasteiger partial charge is 0.366 e. The van der Waals surface area contributed by atoms with Crippen LogP contribution in [-0.4, -0.2) is 83.9 Å². The van der Waals surface area contributed by atoms with Gasteiger partial charge in [-0.2, -0.15) is 0 Å². The topological polar surface area (TPSA) is 64.1 Å². The summed E-state index contributed by atoms with van der Waals surface area (Å²) in [6, 6.07) is 10.4. The molecule has 0 spiro atoms. The molecular weight excluding hydrogens is 495 g/mol. The Bertz CT molecular complexity index is 1120. The summed E-state index contributed by atoms with van der Waals surface area (Å²) in [5.74, 6) is 1.83. The lowest BCUT2D eigenvalue weighted by atomic mass is 9.97. The van der Waals surface area contributed by atoms with Crippen molar-refractivity contribution in [2.45, 2.75) is 51.2 Å². The molecule has 7 nitrogen and oxygen atoms in total. The van der Waals surface area contributed by atoms with Gasteiger partial charge in [0, 0.05) is 73.2 Å². The zero-order chi connectivity index (χ0) is 25.2. The van der Waals surface area contributed by atoms with Gasteiger partial charge in [0.1, 0.15) is 11.7 Å². The Morgan fingerprint density at radius 2 is 1.86 bits per heavy atom. The second kappa shape index (κ2) is 11.0. The van der Waals surface area contributed by atoms with Crippen LogP contribution in [0.5, 0.6) is 0 Å². The number of likely N-dealkylation sites (tertiary alicyclic amines) is 1. The monoisotopic (exact) mass is 528 g/mol. The second-order valence-electron chi connectivity index (χ2n) is 10.0. The number of benzene rings is 1. The first kappa shape index (κ1) is 25.3. The Morgan fingerprint density at radius 3 is 2.50 bits per heavy atom. The Morgan fingerprint density at radius 1 is 1.11 bits per heavy atom. The van der Waals surface area contributed by atoms with E-state index in [1.54, 1.807) is 12.1 Å². The van der Waals surface area contributed by atoms with Gasteiger partial charge in [-0.25, -0.2) is 4.98 Å². The summed E-state index contributed by atoms with van der Waals surface area (Å²) in [5, 5.41) is 4.70. The summed E-state index contributed by atoms with van der Waals surface area (Å²) >= 11 is 12.7. The molecule has 36 heavy (non-hydrogen) atoms. The van der Waals surface area contributed by atoms with Crippen molar-refractivity contribution in [1.29, 1.82) is 0 Å². The summed E-state index contributed by atoms with van der Waals surface area (Å²) in [4.78, 5) is 29.2. The van der Waals surface area contributed by atoms with Crippen molar-refractivity contribution in [1.82, 2.24) is 20.1 Å². The zero-order valence-corrected chi connectivity index (χ0v) is 22.5. The van der Waals surface area contributed by atoms with Crippen LogP contribution in [0.25, 0.3) is 0 Å². The quantitative estimate of drug-likeness (QED) is 0.625. The van der Waals surface area contributed by atoms with Crippen LogP contribution < -0.4 is 10.2 Å². The molecule has 9 heteroatoms. The summed E-state index contributed by atoms with van der Waals surface area (Å²) in [5.41, 5.74) is 1.65. The molecule has 0 unspecified atom stereocenters. The molecule has 0 radical (unpaired) electrons. The number of hydrogen-bond acceptors (Lipinski definition) is 6. The normalized spacial score (nSPS) is 23.5. The number of amides is 1. The van der Waals surface area contributed by atoms with E-state index in [1.165, 1.54) is 0 Å². The Labute approximate surface area is 223 Å². The van der Waals surface area contributed by atoms with E-state index in [2.05, 4.69) is 34.0 Å². The van der Waals surface area contributed by atoms with E-state index in [4.69, 9.17) is 28.2 Å². The maximum Gasteiger partial charge on any atom is 0.253 e. The van der Waals surface area contributed by atoms with Crippen LogP contribution in [-0.2, 0) is 0 Å². The number of hydrogen-bond donors (Lipinski definition) is 1. The van der Waals surface area contributed by atoms with Crippen molar-refractivity contribution in [2.75, 3.05) is 44.2 Å². The molecule has 1 aromatic carbocycles. The highest BCUT2D eigenvalue weighted by Gasteiger charge is 2.35. The van der Waals surface area contributed by atoms with Crippen molar-refractivity contribution in [3.8, 4) is 0 Å². The Kier molecular flexibility index (Phi) is 7.70. The number of piperidine rings is 1. The van der Waals surface area contributed by atoms with Crippen molar-refractivity contribution in [2.24, 2.45) is 4.99 Å². The van der Waals surface area contributed by atoms with Crippen LogP contribution in [0, 0.1) is 0 Å². The third-order valence-electron chi connectivity index (χ3n) is 7.61. The summed E-state index contributed by atoms with van der Waals surface area (Å²) < 4.78 is 0. The first-order valence-corrected chi connectivity index (χ1v) is 13.7. The standard InChI is InChI=1S/C27H34Cl2N6O/c1-3-22-17-34(26-24(29)14-20(16-31-26)25-30-15-18(2)32-25)12-13-35(22)23-8-10-33(11-9-23)27(36)19-4-6-21(28)7-5-19/h4-7,14,16,18,22-23H,3,8-13,15,17H2,1-2H3,(H,30,32)/t18-,22+/m1/s1. The summed E-state index contributed by atoms with van der Waals surface area (Å²) in [6.07, 6.45) is 4.94. The second-order valence-corrected chi connectivity index (χ2v) is 10.9. The number of carbonyl (C=O) groups excluding carboxylic acids is 1. The van der Waals surface area contributed by atoms with E-state index in [-0.39, 0.29) is 5.91 Å². The van der Waals surface area contributed by atoms with Crippen molar-refractivity contribution in [3.05, 3.63) is 57.7 Å². The van der Waals surface area contributed by atoms with Gasteiger partial charge in [-0.3, -0.25) is 14.7 Å². The molecule has 5 rings (SSSR count). The molecule has 2 atom stereocenters. The summed E-state index contributed by atoms with van der Waals surface area (Å²) in [7, 11) is 0. The molecule has 192 valence electrons. The highest BCUT2D eigenvalue weighted by molar-refractivity contribution is 6.33. The van der Waals surface area contributed by atoms with Gasteiger partial charge in [0.2, 0.25) is 0 Å². The SMILES string of the molecule is CC[C@H]1CN(c2ncc(C3=NC[C@@H](C)N3)cc2Cl)CCN1C1CCN(C(=O)c2ccc(Cl)cc2)CC1. The number of piperazine rings is 1. The van der Waals surface area contributed by atoms with Gasteiger partial charge in [0.15, 0.2) is 0 Å². The van der Waals surface area contributed by atoms with Crippen LogP contribution >= 0.6 is 23.2 Å². The van der Waals surface area contributed by atoms with Gasteiger partial charge in [0.05, 0.1) is 11.6 Å². The van der Waals surface area contributed by atoms with Crippen molar-refractivity contribution in [3.63, 3.8) is 0 Å². The minimum atomic E-state index is 0.0966. The zero-order valence-electron chi connectivity index (χ0n) is 21.0. The molecule has 3 aliphatic rings. The van der Waals surface area contributed by atoms with Crippen LogP contribution in [0.15, 0.2) is 41.5 Å². The molecule has 1 aromatic heterocycles. The van der Waals surface area contributed by atoms with E-state index in [0.717, 1.165) is 75.7 Å². The van der Waals surface area contributed by atoms with Gasteiger partial charge in [0.25, 0.3) is 5.91 Å². The van der Waals surface area contributed by atoms with E-state index < -0.39 is 0 Å². The fourth-order valence-electron chi connectivity index (χ4n) is 5.60. The molecule has 1 amide bonds. The number of rotatable bonds is 5. The summed E-state index contributed by atoms with van der Waals surface area (Å²) in [6.45, 7) is 9.49. The molecule has 4 heterocycles. The molecule has 0 saturated carbocycles. The Balaban J connectivity index is 1.19. The number of halogens is 2. The lowest BCUT2D eigenvalue weighted by Crippen LogP contribution is -2.58. The highest BCUT2D eigenvalue weighted by Crippen LogP contribution is 2.30. The van der Waals surface area contributed by atoms with Crippen molar-refractivity contribution < 1.29 is 4.79 Å². The average molecular weight is 530 g/mol. The predicted octanol–water partition coefficient (Wildman–Crippen LogP) is 4.33. The van der Waals surface area contributed by atoms with Crippen molar-refractivity contribution >= 4 is 40.8 Å². The maximum absolute atomic E-state index is 12.9. The van der Waals surface area contributed by atoms with Gasteiger partial charge >= 0.3 is 0 Å². The van der Waals surface area contributed by atoms with Gasteiger partial charge in [-0.05, 0) is 56.5 Å². The number of pyridine rings is 1. The molecule has 2 aromatic rings. The van der Waals surface area contributed by atoms with E-state index >= 15 is 0 Å². The molecule has 0 bridgehead atoms. The van der Waals surface area contributed by atoms with Crippen LogP contribution in [0.1, 0.15) is 49.0 Å². The number of nitrogens with zero attached hydrogens (tertiary/aromatic N) is 5. The fraction of sp³-hybridized carbons (Fsp3) is 0.519. The average Bonchev–Trinajstić information content (AvgIpc) is 3.34. The lowest BCUT2D eigenvalue weighted by Gasteiger charge is -2.47. The van der Waals surface area contributed by atoms with E-state index in [1.807, 2.05) is 29.3 Å². The molecular formula is C27H34Cl2N6O. The molecule has 3 aliphatic heterocycles. The molecule has 1 N–H and O–H groups in total. The maximum atomic E-state index is 12.9.